The zero-order chi connectivity index (χ0) is 15.5. The number of rotatable bonds is 4. The molecule has 1 amide bonds. The molecule has 0 bridgehead atoms. The lowest BCUT2D eigenvalue weighted by Crippen LogP contribution is -2.25. The Kier molecular flexibility index (Phi) is 4.04. The van der Waals surface area contributed by atoms with Crippen LogP contribution in [-0.2, 0) is 9.53 Å². The van der Waals surface area contributed by atoms with Gasteiger partial charge in [-0.25, -0.2) is 4.79 Å². The van der Waals surface area contributed by atoms with Gasteiger partial charge in [0.25, 0.3) is 0 Å². The summed E-state index contributed by atoms with van der Waals surface area (Å²) in [7, 11) is 0. The van der Waals surface area contributed by atoms with Crippen LogP contribution in [0.3, 0.4) is 0 Å². The highest BCUT2D eigenvalue weighted by Gasteiger charge is 2.29. The van der Waals surface area contributed by atoms with Crippen molar-refractivity contribution < 1.29 is 14.3 Å². The van der Waals surface area contributed by atoms with E-state index >= 15 is 0 Å². The molecule has 1 aliphatic rings. The Morgan fingerprint density at radius 2 is 2.18 bits per heavy atom. The van der Waals surface area contributed by atoms with E-state index in [1.54, 1.807) is 11.1 Å². The van der Waals surface area contributed by atoms with Crippen LogP contribution in [-0.4, -0.2) is 41.5 Å². The van der Waals surface area contributed by atoms with Gasteiger partial charge in [0, 0.05) is 43.2 Å². The minimum absolute atomic E-state index is 0.0827. The standard InChI is InChI=1S/C17H18N2O3/c1-2-19-10-12(7-16(19)20)11-22-17(21)15-9-18-8-13-5-3-4-6-14(13)15/h3-6,8-9,12H,2,7,10-11H2,1H3/t12-/m0/s1. The predicted molar refractivity (Wildman–Crippen MR) is 82.4 cm³/mol. The topological polar surface area (TPSA) is 59.5 Å². The van der Waals surface area contributed by atoms with Crippen LogP contribution in [0, 0.1) is 5.92 Å². The summed E-state index contributed by atoms with van der Waals surface area (Å²) in [5, 5.41) is 1.74. The van der Waals surface area contributed by atoms with Crippen LogP contribution < -0.4 is 0 Å². The summed E-state index contributed by atoms with van der Waals surface area (Å²) in [6, 6.07) is 7.58. The smallest absolute Gasteiger partial charge is 0.340 e. The fourth-order valence-corrected chi connectivity index (χ4v) is 2.82. The van der Waals surface area contributed by atoms with Crippen LogP contribution >= 0.6 is 0 Å². The molecular weight excluding hydrogens is 280 g/mol. The maximum absolute atomic E-state index is 12.3. The van der Waals surface area contributed by atoms with Crippen molar-refractivity contribution in [2.24, 2.45) is 5.92 Å². The maximum atomic E-state index is 12.3. The summed E-state index contributed by atoms with van der Waals surface area (Å²) in [6.07, 6.45) is 3.71. The van der Waals surface area contributed by atoms with Crippen LogP contribution in [0.15, 0.2) is 36.7 Å². The lowest BCUT2D eigenvalue weighted by atomic mass is 10.1. The van der Waals surface area contributed by atoms with E-state index in [0.717, 1.165) is 10.8 Å². The number of nitrogens with zero attached hydrogens (tertiary/aromatic N) is 2. The first-order valence-electron chi connectivity index (χ1n) is 7.46. The highest BCUT2D eigenvalue weighted by Crippen LogP contribution is 2.20. The van der Waals surface area contributed by atoms with E-state index in [1.807, 2.05) is 31.2 Å². The lowest BCUT2D eigenvalue weighted by Gasteiger charge is -2.14. The van der Waals surface area contributed by atoms with E-state index in [1.165, 1.54) is 6.20 Å². The number of likely N-dealkylation sites (tertiary alicyclic amines) is 1. The zero-order valence-corrected chi connectivity index (χ0v) is 12.5. The van der Waals surface area contributed by atoms with Gasteiger partial charge in [-0.2, -0.15) is 0 Å². The maximum Gasteiger partial charge on any atom is 0.340 e. The summed E-state index contributed by atoms with van der Waals surface area (Å²) in [5.41, 5.74) is 0.467. The Balaban J connectivity index is 1.68. The van der Waals surface area contributed by atoms with Gasteiger partial charge in [0.2, 0.25) is 5.91 Å². The van der Waals surface area contributed by atoms with Crippen molar-refractivity contribution in [1.82, 2.24) is 9.88 Å². The van der Waals surface area contributed by atoms with E-state index in [9.17, 15) is 9.59 Å². The summed E-state index contributed by atoms with van der Waals surface area (Å²) < 4.78 is 5.40. The molecule has 5 heteroatoms. The van der Waals surface area contributed by atoms with Gasteiger partial charge < -0.3 is 9.64 Å². The van der Waals surface area contributed by atoms with Gasteiger partial charge in [-0.05, 0) is 12.3 Å². The Bertz CT molecular complexity index is 709. The van der Waals surface area contributed by atoms with Crippen LogP contribution in [0.1, 0.15) is 23.7 Å². The minimum Gasteiger partial charge on any atom is -0.462 e. The summed E-state index contributed by atoms with van der Waals surface area (Å²) >= 11 is 0. The Labute approximate surface area is 128 Å². The fraction of sp³-hybridized carbons (Fsp3) is 0.353. The molecule has 0 aliphatic carbocycles. The van der Waals surface area contributed by atoms with Crippen molar-refractivity contribution >= 4 is 22.6 Å². The first-order valence-corrected chi connectivity index (χ1v) is 7.46. The number of carbonyl (C=O) groups is 2. The molecule has 0 spiro atoms. The number of benzene rings is 1. The first-order chi connectivity index (χ1) is 10.7. The third-order valence-corrected chi connectivity index (χ3v) is 4.01. The van der Waals surface area contributed by atoms with Gasteiger partial charge in [-0.15, -0.1) is 0 Å². The average molecular weight is 298 g/mol. The number of esters is 1. The van der Waals surface area contributed by atoms with Crippen LogP contribution in [0.5, 0.6) is 0 Å². The monoisotopic (exact) mass is 298 g/mol. The second-order valence-corrected chi connectivity index (χ2v) is 5.51. The summed E-state index contributed by atoms with van der Waals surface area (Å²) in [4.78, 5) is 29.8. The van der Waals surface area contributed by atoms with Gasteiger partial charge >= 0.3 is 5.97 Å². The molecule has 1 aliphatic heterocycles. The number of hydrogen-bond donors (Lipinski definition) is 0. The largest absolute Gasteiger partial charge is 0.462 e. The van der Waals surface area contributed by atoms with Crippen molar-refractivity contribution in [3.63, 3.8) is 0 Å². The molecule has 2 aromatic rings. The van der Waals surface area contributed by atoms with Crippen LogP contribution in [0.2, 0.25) is 0 Å². The Morgan fingerprint density at radius 1 is 1.36 bits per heavy atom. The van der Waals surface area contributed by atoms with Gasteiger partial charge in [-0.3, -0.25) is 9.78 Å². The van der Waals surface area contributed by atoms with Gasteiger partial charge in [0.1, 0.15) is 0 Å². The van der Waals surface area contributed by atoms with Gasteiger partial charge in [0.15, 0.2) is 0 Å². The highest BCUT2D eigenvalue weighted by molar-refractivity contribution is 6.03. The molecule has 22 heavy (non-hydrogen) atoms. The van der Waals surface area contributed by atoms with E-state index in [2.05, 4.69) is 4.98 Å². The molecule has 0 unspecified atom stereocenters. The first kappa shape index (κ1) is 14.5. The Hall–Kier alpha value is -2.43. The second-order valence-electron chi connectivity index (χ2n) is 5.51. The SMILES string of the molecule is CCN1C[C@@H](COC(=O)c2cncc3ccccc23)CC1=O. The molecule has 1 aromatic carbocycles. The average Bonchev–Trinajstić information content (AvgIpc) is 2.92. The third-order valence-electron chi connectivity index (χ3n) is 4.01. The normalized spacial score (nSPS) is 18.0. The molecule has 1 saturated heterocycles. The predicted octanol–water partition coefficient (Wildman–Crippen LogP) is 2.26. The zero-order valence-electron chi connectivity index (χ0n) is 12.5. The second kappa shape index (κ2) is 6.13. The lowest BCUT2D eigenvalue weighted by molar-refractivity contribution is -0.127. The van der Waals surface area contributed by atoms with E-state index in [4.69, 9.17) is 4.74 Å². The van der Waals surface area contributed by atoms with Crippen molar-refractivity contribution in [3.05, 3.63) is 42.2 Å². The fourth-order valence-electron chi connectivity index (χ4n) is 2.82. The minimum atomic E-state index is -0.383. The van der Waals surface area contributed by atoms with Crippen molar-refractivity contribution in [2.75, 3.05) is 19.7 Å². The van der Waals surface area contributed by atoms with Crippen LogP contribution in [0.25, 0.3) is 10.8 Å². The van der Waals surface area contributed by atoms with E-state index in [-0.39, 0.29) is 24.4 Å². The number of fused-ring (bicyclic) bond motifs is 1. The number of amides is 1. The Morgan fingerprint density at radius 3 is 2.95 bits per heavy atom. The summed E-state index contributed by atoms with van der Waals surface area (Å²) in [5.74, 6) is -0.165. The van der Waals surface area contributed by atoms with Crippen molar-refractivity contribution in [2.45, 2.75) is 13.3 Å². The quantitative estimate of drug-likeness (QED) is 0.812. The highest BCUT2D eigenvalue weighted by atomic mass is 16.5. The van der Waals surface area contributed by atoms with Gasteiger partial charge in [0.05, 0.1) is 12.2 Å². The van der Waals surface area contributed by atoms with Crippen molar-refractivity contribution in [3.8, 4) is 0 Å². The molecule has 0 saturated carbocycles. The number of hydrogen-bond acceptors (Lipinski definition) is 4. The molecule has 5 nitrogen and oxygen atoms in total. The molecule has 0 N–H and O–H groups in total. The molecule has 114 valence electrons. The number of carbonyl (C=O) groups excluding carboxylic acids is 2. The molecule has 2 heterocycles. The van der Waals surface area contributed by atoms with Crippen LogP contribution in [0.4, 0.5) is 0 Å². The molecule has 0 radical (unpaired) electrons. The molecule has 1 fully saturated rings. The number of pyridine rings is 1. The number of aromatic nitrogens is 1. The van der Waals surface area contributed by atoms with E-state index in [0.29, 0.717) is 25.1 Å². The molecular formula is C17H18N2O3. The van der Waals surface area contributed by atoms with E-state index < -0.39 is 0 Å². The third kappa shape index (κ3) is 2.79. The summed E-state index contributed by atoms with van der Waals surface area (Å²) in [6.45, 7) is 3.59. The van der Waals surface area contributed by atoms with Crippen molar-refractivity contribution in [1.29, 1.82) is 0 Å². The number of ether oxygens (including phenoxy) is 1. The van der Waals surface area contributed by atoms with Gasteiger partial charge in [-0.1, -0.05) is 24.3 Å². The molecule has 3 rings (SSSR count). The molecule has 1 aromatic heterocycles. The molecule has 1 atom stereocenters.